The number of hydrogen-bond acceptors (Lipinski definition) is 2. The average Bonchev–Trinajstić information content (AvgIpc) is 2.98. The molecule has 2 aliphatic heterocycles. The van der Waals surface area contributed by atoms with E-state index in [1.54, 1.807) is 0 Å². The highest BCUT2D eigenvalue weighted by Gasteiger charge is 2.31. The number of carbonyl (C=O) groups excluding carboxylic acids is 1. The standard InChI is InChI=1S/C17H23FN2O.ClH/c18-16-3-1-13(2-4-16)11-14-7-10-20(12-14)17(21)15-5-8-19-9-6-15;/h1-4,14-15,19H,5-12H2;1H. The zero-order valence-electron chi connectivity index (χ0n) is 12.8. The predicted molar refractivity (Wildman–Crippen MR) is 87.6 cm³/mol. The third-order valence-electron chi connectivity index (χ3n) is 4.72. The van der Waals surface area contributed by atoms with Gasteiger partial charge in [0.15, 0.2) is 0 Å². The second-order valence-corrected chi connectivity index (χ2v) is 6.29. The van der Waals surface area contributed by atoms with Crippen molar-refractivity contribution in [3.63, 3.8) is 0 Å². The molecule has 2 saturated heterocycles. The first-order chi connectivity index (χ1) is 10.2. The van der Waals surface area contributed by atoms with Crippen LogP contribution in [0, 0.1) is 17.7 Å². The highest BCUT2D eigenvalue weighted by Crippen LogP contribution is 2.24. The Bertz CT molecular complexity index is 488. The summed E-state index contributed by atoms with van der Waals surface area (Å²) in [6.45, 7) is 3.67. The smallest absolute Gasteiger partial charge is 0.225 e. The Morgan fingerprint density at radius 1 is 1.18 bits per heavy atom. The third kappa shape index (κ3) is 4.20. The van der Waals surface area contributed by atoms with Crippen molar-refractivity contribution in [1.29, 1.82) is 0 Å². The van der Waals surface area contributed by atoms with E-state index in [0.29, 0.717) is 11.8 Å². The van der Waals surface area contributed by atoms with Crippen LogP contribution in [0.3, 0.4) is 0 Å². The van der Waals surface area contributed by atoms with E-state index < -0.39 is 0 Å². The van der Waals surface area contributed by atoms with Crippen LogP contribution in [-0.2, 0) is 11.2 Å². The lowest BCUT2D eigenvalue weighted by Gasteiger charge is -2.26. The second kappa shape index (κ2) is 7.93. The Morgan fingerprint density at radius 3 is 2.55 bits per heavy atom. The van der Waals surface area contributed by atoms with E-state index in [2.05, 4.69) is 5.32 Å². The normalized spacial score (nSPS) is 22.4. The third-order valence-corrected chi connectivity index (χ3v) is 4.72. The number of nitrogens with zero attached hydrogens (tertiary/aromatic N) is 1. The molecular weight excluding hydrogens is 303 g/mol. The molecule has 122 valence electrons. The Balaban J connectivity index is 0.00000176. The lowest BCUT2D eigenvalue weighted by molar-refractivity contribution is -0.135. The number of nitrogens with one attached hydrogen (secondary N) is 1. The van der Waals surface area contributed by atoms with Gasteiger partial charge in [0.25, 0.3) is 0 Å². The number of amides is 1. The first-order valence-electron chi connectivity index (χ1n) is 7.96. The van der Waals surface area contributed by atoms with E-state index in [1.165, 1.54) is 12.1 Å². The minimum absolute atomic E-state index is 0. The molecule has 5 heteroatoms. The molecule has 2 heterocycles. The molecule has 0 saturated carbocycles. The minimum Gasteiger partial charge on any atom is -0.342 e. The van der Waals surface area contributed by atoms with Gasteiger partial charge in [0.1, 0.15) is 5.82 Å². The maximum Gasteiger partial charge on any atom is 0.225 e. The quantitative estimate of drug-likeness (QED) is 0.926. The summed E-state index contributed by atoms with van der Waals surface area (Å²) in [5.74, 6) is 0.892. The molecule has 3 nitrogen and oxygen atoms in total. The molecule has 2 fully saturated rings. The van der Waals surface area contributed by atoms with Crippen molar-refractivity contribution in [2.45, 2.75) is 25.7 Å². The molecule has 1 N–H and O–H groups in total. The van der Waals surface area contributed by atoms with Gasteiger partial charge in [-0.1, -0.05) is 12.1 Å². The van der Waals surface area contributed by atoms with Gasteiger partial charge in [-0.25, -0.2) is 4.39 Å². The highest BCUT2D eigenvalue weighted by molar-refractivity contribution is 5.85. The maximum atomic E-state index is 12.9. The zero-order valence-corrected chi connectivity index (χ0v) is 13.6. The fraction of sp³-hybridized carbons (Fsp3) is 0.588. The average molecular weight is 327 g/mol. The van der Waals surface area contributed by atoms with Gasteiger partial charge in [-0.15, -0.1) is 12.4 Å². The Kier molecular flexibility index (Phi) is 6.21. The molecule has 0 bridgehead atoms. The van der Waals surface area contributed by atoms with E-state index in [0.717, 1.165) is 57.4 Å². The summed E-state index contributed by atoms with van der Waals surface area (Å²) in [5.41, 5.74) is 1.16. The van der Waals surface area contributed by atoms with Crippen LogP contribution in [0.2, 0.25) is 0 Å². The molecule has 0 radical (unpaired) electrons. The predicted octanol–water partition coefficient (Wildman–Crippen LogP) is 2.64. The van der Waals surface area contributed by atoms with E-state index in [1.807, 2.05) is 17.0 Å². The lowest BCUT2D eigenvalue weighted by Crippen LogP contribution is -2.40. The van der Waals surface area contributed by atoms with E-state index >= 15 is 0 Å². The minimum atomic E-state index is -0.187. The highest BCUT2D eigenvalue weighted by atomic mass is 35.5. The molecule has 1 aromatic rings. The van der Waals surface area contributed by atoms with Crippen molar-refractivity contribution in [2.24, 2.45) is 11.8 Å². The van der Waals surface area contributed by atoms with Gasteiger partial charge in [-0.2, -0.15) is 0 Å². The summed E-state index contributed by atoms with van der Waals surface area (Å²) >= 11 is 0. The number of rotatable bonds is 3. The molecule has 1 amide bonds. The molecule has 3 rings (SSSR count). The van der Waals surface area contributed by atoms with Crippen molar-refractivity contribution < 1.29 is 9.18 Å². The largest absolute Gasteiger partial charge is 0.342 e. The van der Waals surface area contributed by atoms with Gasteiger partial charge in [-0.05, 0) is 62.4 Å². The van der Waals surface area contributed by atoms with Crippen LogP contribution >= 0.6 is 12.4 Å². The fourth-order valence-corrected chi connectivity index (χ4v) is 3.48. The summed E-state index contributed by atoms with van der Waals surface area (Å²) in [7, 11) is 0. The first-order valence-corrected chi connectivity index (χ1v) is 7.96. The van der Waals surface area contributed by atoms with Crippen molar-refractivity contribution >= 4 is 18.3 Å². The van der Waals surface area contributed by atoms with Crippen LogP contribution in [0.1, 0.15) is 24.8 Å². The summed E-state index contributed by atoms with van der Waals surface area (Å²) in [6.07, 6.45) is 3.94. The van der Waals surface area contributed by atoms with E-state index in [-0.39, 0.29) is 24.1 Å². The Labute approximate surface area is 137 Å². The SMILES string of the molecule is Cl.O=C(C1CCNCC1)N1CCC(Cc2ccc(F)cc2)C1. The van der Waals surface area contributed by atoms with E-state index in [9.17, 15) is 9.18 Å². The number of carbonyl (C=O) groups is 1. The Hall–Kier alpha value is -1.13. The second-order valence-electron chi connectivity index (χ2n) is 6.29. The molecule has 0 aromatic heterocycles. The monoisotopic (exact) mass is 326 g/mol. The van der Waals surface area contributed by atoms with Crippen molar-refractivity contribution in [1.82, 2.24) is 10.2 Å². The number of likely N-dealkylation sites (tertiary alicyclic amines) is 1. The molecule has 22 heavy (non-hydrogen) atoms. The maximum absolute atomic E-state index is 12.9. The van der Waals surface area contributed by atoms with Crippen LogP contribution in [0.15, 0.2) is 24.3 Å². The lowest BCUT2D eigenvalue weighted by atomic mass is 9.96. The zero-order chi connectivity index (χ0) is 14.7. The number of hydrogen-bond donors (Lipinski definition) is 1. The molecule has 1 atom stereocenters. The Morgan fingerprint density at radius 2 is 1.86 bits per heavy atom. The van der Waals surface area contributed by atoms with Crippen LogP contribution in [0.4, 0.5) is 4.39 Å². The summed E-state index contributed by atoms with van der Waals surface area (Å²) < 4.78 is 12.9. The van der Waals surface area contributed by atoms with Gasteiger partial charge in [0.05, 0.1) is 0 Å². The number of halogens is 2. The summed E-state index contributed by atoms with van der Waals surface area (Å²) in [4.78, 5) is 14.5. The first kappa shape index (κ1) is 17.2. The number of benzene rings is 1. The van der Waals surface area contributed by atoms with Crippen molar-refractivity contribution in [3.05, 3.63) is 35.6 Å². The van der Waals surface area contributed by atoms with E-state index in [4.69, 9.17) is 0 Å². The number of piperidine rings is 1. The van der Waals surface area contributed by atoms with Gasteiger partial charge in [0, 0.05) is 19.0 Å². The molecule has 0 aliphatic carbocycles. The van der Waals surface area contributed by atoms with Gasteiger partial charge in [0.2, 0.25) is 5.91 Å². The molecule has 1 aromatic carbocycles. The van der Waals surface area contributed by atoms with Gasteiger partial charge >= 0.3 is 0 Å². The summed E-state index contributed by atoms with van der Waals surface area (Å²) in [5, 5.41) is 3.30. The van der Waals surface area contributed by atoms with Crippen LogP contribution in [0.25, 0.3) is 0 Å². The molecule has 0 spiro atoms. The van der Waals surface area contributed by atoms with Crippen LogP contribution in [0.5, 0.6) is 0 Å². The van der Waals surface area contributed by atoms with Gasteiger partial charge < -0.3 is 10.2 Å². The summed E-state index contributed by atoms with van der Waals surface area (Å²) in [6, 6.07) is 6.74. The molecule has 2 aliphatic rings. The van der Waals surface area contributed by atoms with Gasteiger partial charge in [-0.3, -0.25) is 4.79 Å². The molecule has 1 unspecified atom stereocenters. The van der Waals surface area contributed by atoms with Crippen molar-refractivity contribution in [2.75, 3.05) is 26.2 Å². The topological polar surface area (TPSA) is 32.3 Å². The van der Waals surface area contributed by atoms with Crippen LogP contribution < -0.4 is 5.32 Å². The molecular formula is C17H24ClFN2O. The van der Waals surface area contributed by atoms with Crippen molar-refractivity contribution in [3.8, 4) is 0 Å². The van der Waals surface area contributed by atoms with Crippen LogP contribution in [-0.4, -0.2) is 37.0 Å². The fourth-order valence-electron chi connectivity index (χ4n) is 3.48.